The van der Waals surface area contributed by atoms with Crippen LogP contribution in [-0.4, -0.2) is 36.0 Å². The van der Waals surface area contributed by atoms with Crippen LogP contribution in [0, 0.1) is 5.92 Å². The van der Waals surface area contributed by atoms with Crippen molar-refractivity contribution in [1.82, 2.24) is 10.7 Å². The molecule has 158 valence electrons. The number of alkyl carbamates (subject to hydrolysis) is 1. The summed E-state index contributed by atoms with van der Waals surface area (Å²) in [6.45, 7) is 11.2. The highest BCUT2D eigenvalue weighted by atomic mass is 16.6. The number of amides is 2. The topological polar surface area (TPSA) is 89.0 Å². The van der Waals surface area contributed by atoms with E-state index in [0.717, 1.165) is 16.9 Å². The molecule has 0 fully saturated rings. The molecule has 1 aromatic rings. The molecule has 2 atom stereocenters. The van der Waals surface area contributed by atoms with E-state index in [1.54, 1.807) is 27.0 Å². The van der Waals surface area contributed by atoms with Crippen molar-refractivity contribution >= 4 is 24.3 Å². The highest BCUT2D eigenvalue weighted by Gasteiger charge is 2.25. The maximum Gasteiger partial charge on any atom is 0.408 e. The summed E-state index contributed by atoms with van der Waals surface area (Å²) in [4.78, 5) is 24.6. The fourth-order valence-electron chi connectivity index (χ4n) is 2.81. The highest BCUT2D eigenvalue weighted by Crippen LogP contribution is 2.28. The van der Waals surface area contributed by atoms with Gasteiger partial charge in [0.25, 0.3) is 5.91 Å². The fourth-order valence-corrected chi connectivity index (χ4v) is 2.81. The number of fused-ring (bicyclic) bond motifs is 1. The first kappa shape index (κ1) is 22.5. The van der Waals surface area contributed by atoms with Gasteiger partial charge in [-0.1, -0.05) is 32.0 Å². The van der Waals surface area contributed by atoms with Crippen LogP contribution in [0.4, 0.5) is 4.79 Å². The summed E-state index contributed by atoms with van der Waals surface area (Å²) < 4.78 is 11.1. The summed E-state index contributed by atoms with van der Waals surface area (Å²) in [5.41, 5.74) is 3.67. The summed E-state index contributed by atoms with van der Waals surface area (Å²) in [6.07, 6.45) is 3.20. The minimum atomic E-state index is -0.739. The summed E-state index contributed by atoms with van der Waals surface area (Å²) >= 11 is 0. The van der Waals surface area contributed by atoms with Gasteiger partial charge in [0.1, 0.15) is 23.5 Å². The molecule has 0 saturated heterocycles. The Morgan fingerprint density at radius 2 is 1.97 bits per heavy atom. The maximum atomic E-state index is 12.6. The molecule has 0 radical (unpaired) electrons. The summed E-state index contributed by atoms with van der Waals surface area (Å²) in [6, 6.07) is 6.99. The van der Waals surface area contributed by atoms with Gasteiger partial charge in [0, 0.05) is 11.1 Å². The summed E-state index contributed by atoms with van der Waals surface area (Å²) in [5, 5.41) is 6.69. The third-order valence-electron chi connectivity index (χ3n) is 4.12. The van der Waals surface area contributed by atoms with Crippen LogP contribution in [0.1, 0.15) is 53.5 Å². The van der Waals surface area contributed by atoms with E-state index < -0.39 is 23.6 Å². The predicted octanol–water partition coefficient (Wildman–Crippen LogP) is 3.89. The van der Waals surface area contributed by atoms with E-state index in [2.05, 4.69) is 15.8 Å². The molecule has 2 amide bonds. The van der Waals surface area contributed by atoms with E-state index in [1.165, 1.54) is 0 Å². The zero-order chi connectivity index (χ0) is 21.6. The van der Waals surface area contributed by atoms with Gasteiger partial charge in [-0.2, -0.15) is 5.10 Å². The molecule has 0 bridgehead atoms. The molecule has 29 heavy (non-hydrogen) atoms. The SMILES string of the molecule is CC(C)C[C@H](NC(=O)OC(C)(C)C)C(=O)N/N=C\C1=Cc2ccccc2O[C@H]1C. The lowest BCUT2D eigenvalue weighted by atomic mass is 10.0. The molecular weight excluding hydrogens is 370 g/mol. The van der Waals surface area contributed by atoms with Crippen LogP contribution in [0.25, 0.3) is 6.08 Å². The minimum Gasteiger partial charge on any atom is -0.485 e. The first-order valence-electron chi connectivity index (χ1n) is 9.85. The van der Waals surface area contributed by atoms with Gasteiger partial charge in [0.2, 0.25) is 0 Å². The first-order valence-corrected chi connectivity index (χ1v) is 9.85. The molecule has 1 aromatic carbocycles. The minimum absolute atomic E-state index is 0.183. The molecule has 0 spiro atoms. The van der Waals surface area contributed by atoms with Gasteiger partial charge in [-0.25, -0.2) is 10.2 Å². The van der Waals surface area contributed by atoms with E-state index in [-0.39, 0.29) is 12.0 Å². The molecule has 1 aliphatic rings. The quantitative estimate of drug-likeness (QED) is 0.559. The average Bonchev–Trinajstić information content (AvgIpc) is 2.59. The van der Waals surface area contributed by atoms with Crippen LogP contribution < -0.4 is 15.5 Å². The Kier molecular flexibility index (Phi) is 7.42. The van der Waals surface area contributed by atoms with Crippen molar-refractivity contribution in [2.75, 3.05) is 0 Å². The second kappa shape index (κ2) is 9.58. The number of hydrazone groups is 1. The Bertz CT molecular complexity index is 793. The molecule has 7 nitrogen and oxygen atoms in total. The highest BCUT2D eigenvalue weighted by molar-refractivity contribution is 5.90. The van der Waals surface area contributed by atoms with E-state index in [9.17, 15) is 9.59 Å². The van der Waals surface area contributed by atoms with Gasteiger partial charge >= 0.3 is 6.09 Å². The predicted molar refractivity (Wildman–Crippen MR) is 114 cm³/mol. The van der Waals surface area contributed by atoms with Crippen LogP contribution >= 0.6 is 0 Å². The standard InChI is InChI=1S/C22H31N3O4/c1-14(2)11-18(24-21(27)29-22(4,5)6)20(26)25-23-13-17-12-16-9-7-8-10-19(16)28-15(17)3/h7-10,12-15,18H,11H2,1-6H3,(H,24,27)(H,25,26)/b23-13-/t15-,18-/m0/s1. The number of nitrogens with zero attached hydrogens (tertiary/aromatic N) is 1. The van der Waals surface area contributed by atoms with Crippen LogP contribution in [0.15, 0.2) is 34.9 Å². The molecule has 2 N–H and O–H groups in total. The number of ether oxygens (including phenoxy) is 2. The maximum absolute atomic E-state index is 12.6. The van der Waals surface area contributed by atoms with Crippen molar-refractivity contribution in [3.05, 3.63) is 35.4 Å². The number of carbonyl (C=O) groups is 2. The van der Waals surface area contributed by atoms with Gasteiger partial charge in [-0.3, -0.25) is 4.79 Å². The van der Waals surface area contributed by atoms with Crippen molar-refractivity contribution in [3.8, 4) is 5.75 Å². The van der Waals surface area contributed by atoms with Crippen LogP contribution in [0.2, 0.25) is 0 Å². The Balaban J connectivity index is 2.02. The number of benzene rings is 1. The molecule has 1 heterocycles. The van der Waals surface area contributed by atoms with Crippen molar-refractivity contribution < 1.29 is 19.1 Å². The Morgan fingerprint density at radius 3 is 2.62 bits per heavy atom. The second-order valence-electron chi connectivity index (χ2n) is 8.50. The van der Waals surface area contributed by atoms with Crippen molar-refractivity contribution in [1.29, 1.82) is 0 Å². The molecule has 0 unspecified atom stereocenters. The Hall–Kier alpha value is -2.83. The largest absolute Gasteiger partial charge is 0.485 e. The average molecular weight is 402 g/mol. The molecule has 1 aliphatic heterocycles. The van der Waals surface area contributed by atoms with E-state index >= 15 is 0 Å². The molecule has 7 heteroatoms. The van der Waals surface area contributed by atoms with E-state index in [1.807, 2.05) is 51.1 Å². The van der Waals surface area contributed by atoms with Crippen LogP contribution in [0.3, 0.4) is 0 Å². The third-order valence-corrected chi connectivity index (χ3v) is 4.12. The smallest absolute Gasteiger partial charge is 0.408 e. The molecular formula is C22H31N3O4. The van der Waals surface area contributed by atoms with Gasteiger partial charge in [0.15, 0.2) is 0 Å². The van der Waals surface area contributed by atoms with E-state index in [4.69, 9.17) is 9.47 Å². The van der Waals surface area contributed by atoms with Crippen molar-refractivity contribution in [2.24, 2.45) is 11.0 Å². The lowest BCUT2D eigenvalue weighted by molar-refractivity contribution is -0.123. The third kappa shape index (κ3) is 7.25. The fraction of sp³-hybridized carbons (Fsp3) is 0.500. The monoisotopic (exact) mass is 401 g/mol. The second-order valence-corrected chi connectivity index (χ2v) is 8.50. The summed E-state index contributed by atoms with van der Waals surface area (Å²) in [5.74, 6) is 0.626. The Labute approximate surface area is 172 Å². The van der Waals surface area contributed by atoms with Crippen LogP contribution in [0.5, 0.6) is 5.75 Å². The number of carbonyl (C=O) groups excluding carboxylic acids is 2. The van der Waals surface area contributed by atoms with Crippen molar-refractivity contribution in [3.63, 3.8) is 0 Å². The molecule has 0 aromatic heterocycles. The van der Waals surface area contributed by atoms with Crippen molar-refractivity contribution in [2.45, 2.75) is 65.7 Å². The number of hydrogen-bond acceptors (Lipinski definition) is 5. The summed E-state index contributed by atoms with van der Waals surface area (Å²) in [7, 11) is 0. The lowest BCUT2D eigenvalue weighted by Crippen LogP contribution is -2.47. The Morgan fingerprint density at radius 1 is 1.28 bits per heavy atom. The molecule has 0 aliphatic carbocycles. The van der Waals surface area contributed by atoms with E-state index in [0.29, 0.717) is 6.42 Å². The van der Waals surface area contributed by atoms with Gasteiger partial charge in [-0.15, -0.1) is 0 Å². The van der Waals surface area contributed by atoms with Gasteiger partial charge in [0.05, 0.1) is 6.21 Å². The number of para-hydroxylation sites is 1. The van der Waals surface area contributed by atoms with Crippen LogP contribution in [-0.2, 0) is 9.53 Å². The zero-order valence-electron chi connectivity index (χ0n) is 18.0. The lowest BCUT2D eigenvalue weighted by Gasteiger charge is -2.24. The molecule has 2 rings (SSSR count). The molecule has 0 saturated carbocycles. The number of nitrogens with one attached hydrogen (secondary N) is 2. The van der Waals surface area contributed by atoms with Gasteiger partial charge < -0.3 is 14.8 Å². The normalized spacial score (nSPS) is 17.2. The number of hydrogen-bond donors (Lipinski definition) is 2. The number of rotatable bonds is 6. The zero-order valence-corrected chi connectivity index (χ0v) is 18.0. The first-order chi connectivity index (χ1) is 13.5. The van der Waals surface area contributed by atoms with Gasteiger partial charge in [-0.05, 0) is 52.2 Å².